The van der Waals surface area contributed by atoms with Gasteiger partial charge in [0.25, 0.3) is 0 Å². The van der Waals surface area contributed by atoms with Crippen molar-refractivity contribution in [3.8, 4) is 0 Å². The predicted octanol–water partition coefficient (Wildman–Crippen LogP) is 2.76. The fourth-order valence-electron chi connectivity index (χ4n) is 0.697. The van der Waals surface area contributed by atoms with Crippen molar-refractivity contribution in [1.29, 1.82) is 0 Å². The molecule has 0 heterocycles. The van der Waals surface area contributed by atoms with Gasteiger partial charge in [0.2, 0.25) is 0 Å². The zero-order valence-electron chi connectivity index (χ0n) is 8.36. The average molecular weight is 208 g/mol. The predicted molar refractivity (Wildman–Crippen MR) is 51.6 cm³/mol. The Morgan fingerprint density at radius 2 is 1.62 bits per heavy atom. The second-order valence-electron chi connectivity index (χ2n) is 2.12. The van der Waals surface area contributed by atoms with Gasteiger partial charge >= 0.3 is 7.60 Å². The summed E-state index contributed by atoms with van der Waals surface area (Å²) in [6.07, 6.45) is 1.35. The van der Waals surface area contributed by atoms with Crippen LogP contribution in [0.5, 0.6) is 0 Å². The Hall–Kier alpha value is -0.310. The Morgan fingerprint density at radius 1 is 1.08 bits per heavy atom. The standard InChI is InChI=1S/C8H17O4P/c1-4-10-7-8-13(9,11-5-2)12-6-3/h7-8H,4-6H2,1-3H3/b8-7+. The fraction of sp³-hybridized carbons (Fsp3) is 0.750. The van der Waals surface area contributed by atoms with Crippen molar-refractivity contribution < 1.29 is 18.3 Å². The largest absolute Gasteiger partial charge is 0.501 e. The number of hydrogen-bond donors (Lipinski definition) is 0. The zero-order chi connectivity index (χ0) is 10.2. The van der Waals surface area contributed by atoms with E-state index in [-0.39, 0.29) is 0 Å². The third kappa shape index (κ3) is 5.86. The molecular weight excluding hydrogens is 191 g/mol. The fourth-order valence-corrected chi connectivity index (χ4v) is 1.90. The van der Waals surface area contributed by atoms with Gasteiger partial charge in [-0.2, -0.15) is 0 Å². The molecule has 0 unspecified atom stereocenters. The summed E-state index contributed by atoms with van der Waals surface area (Å²) < 4.78 is 26.6. The molecule has 0 bridgehead atoms. The highest BCUT2D eigenvalue weighted by atomic mass is 31.2. The maximum absolute atomic E-state index is 11.7. The second-order valence-corrected chi connectivity index (χ2v) is 4.01. The lowest BCUT2D eigenvalue weighted by atomic mass is 10.9. The number of rotatable bonds is 7. The van der Waals surface area contributed by atoms with E-state index in [0.29, 0.717) is 19.8 Å². The van der Waals surface area contributed by atoms with Crippen molar-refractivity contribution in [2.75, 3.05) is 19.8 Å². The van der Waals surface area contributed by atoms with Gasteiger partial charge in [-0.3, -0.25) is 4.57 Å². The molecule has 0 aromatic rings. The lowest BCUT2D eigenvalue weighted by molar-refractivity contribution is 0.225. The smallest absolute Gasteiger partial charge is 0.357 e. The minimum atomic E-state index is -3.05. The van der Waals surface area contributed by atoms with Gasteiger partial charge in [-0.25, -0.2) is 0 Å². The molecule has 0 N–H and O–H groups in total. The van der Waals surface area contributed by atoms with E-state index in [1.165, 1.54) is 12.1 Å². The van der Waals surface area contributed by atoms with Gasteiger partial charge < -0.3 is 13.8 Å². The molecule has 78 valence electrons. The van der Waals surface area contributed by atoms with E-state index < -0.39 is 7.60 Å². The first-order valence-electron chi connectivity index (χ1n) is 4.36. The van der Waals surface area contributed by atoms with Crippen LogP contribution in [-0.4, -0.2) is 19.8 Å². The molecule has 0 saturated heterocycles. The van der Waals surface area contributed by atoms with Crippen molar-refractivity contribution in [3.05, 3.63) is 12.1 Å². The third-order valence-corrected chi connectivity index (χ3v) is 2.85. The maximum Gasteiger partial charge on any atom is 0.357 e. The molecule has 0 aromatic heterocycles. The molecule has 0 rings (SSSR count). The Labute approximate surface area is 79.4 Å². The first-order valence-corrected chi connectivity index (χ1v) is 5.97. The molecule has 13 heavy (non-hydrogen) atoms. The van der Waals surface area contributed by atoms with Crippen molar-refractivity contribution >= 4 is 7.60 Å². The Balaban J connectivity index is 4.14. The molecule has 0 aromatic carbocycles. The van der Waals surface area contributed by atoms with Crippen LogP contribution in [0.1, 0.15) is 20.8 Å². The van der Waals surface area contributed by atoms with Crippen molar-refractivity contribution in [2.45, 2.75) is 20.8 Å². The summed E-state index contributed by atoms with van der Waals surface area (Å²) in [5.74, 6) is 1.34. The highest BCUT2D eigenvalue weighted by Gasteiger charge is 2.18. The Kier molecular flexibility index (Phi) is 6.96. The van der Waals surface area contributed by atoms with E-state index in [4.69, 9.17) is 13.8 Å². The van der Waals surface area contributed by atoms with Crippen molar-refractivity contribution in [3.63, 3.8) is 0 Å². The highest BCUT2D eigenvalue weighted by molar-refractivity contribution is 7.57. The Bertz CT molecular complexity index is 181. The average Bonchev–Trinajstić information content (AvgIpc) is 2.05. The van der Waals surface area contributed by atoms with E-state index in [1.54, 1.807) is 13.8 Å². The van der Waals surface area contributed by atoms with Crippen LogP contribution in [0.3, 0.4) is 0 Å². The summed E-state index contributed by atoms with van der Waals surface area (Å²) in [4.78, 5) is 0. The van der Waals surface area contributed by atoms with Crippen LogP contribution in [0.4, 0.5) is 0 Å². The van der Waals surface area contributed by atoms with Crippen LogP contribution in [0.25, 0.3) is 0 Å². The minimum absolute atomic E-state index is 0.355. The maximum atomic E-state index is 11.7. The van der Waals surface area contributed by atoms with E-state index in [2.05, 4.69) is 0 Å². The quantitative estimate of drug-likeness (QED) is 0.476. The van der Waals surface area contributed by atoms with Crippen LogP contribution in [-0.2, 0) is 18.3 Å². The molecule has 0 aliphatic carbocycles. The highest BCUT2D eigenvalue weighted by Crippen LogP contribution is 2.49. The van der Waals surface area contributed by atoms with Gasteiger partial charge in [0.15, 0.2) is 0 Å². The van der Waals surface area contributed by atoms with Crippen LogP contribution in [0.15, 0.2) is 12.1 Å². The van der Waals surface area contributed by atoms with Gasteiger partial charge in [0, 0.05) is 0 Å². The lowest BCUT2D eigenvalue weighted by Crippen LogP contribution is -1.93. The third-order valence-electron chi connectivity index (χ3n) is 1.12. The van der Waals surface area contributed by atoms with Gasteiger partial charge in [-0.05, 0) is 20.8 Å². The topological polar surface area (TPSA) is 44.8 Å². The molecular formula is C8H17O4P. The molecule has 0 radical (unpaired) electrons. The molecule has 0 spiro atoms. The van der Waals surface area contributed by atoms with Crippen molar-refractivity contribution in [1.82, 2.24) is 0 Å². The number of hydrogen-bond acceptors (Lipinski definition) is 4. The zero-order valence-corrected chi connectivity index (χ0v) is 9.25. The normalized spacial score (nSPS) is 12.2. The SMILES string of the molecule is CCO/C=C/P(=O)(OCC)OCC. The first-order chi connectivity index (χ1) is 6.18. The van der Waals surface area contributed by atoms with Crippen LogP contribution >= 0.6 is 7.60 Å². The van der Waals surface area contributed by atoms with E-state index in [9.17, 15) is 4.57 Å². The van der Waals surface area contributed by atoms with Crippen molar-refractivity contribution in [2.24, 2.45) is 0 Å². The van der Waals surface area contributed by atoms with Crippen LogP contribution in [0, 0.1) is 0 Å². The molecule has 0 atom stereocenters. The van der Waals surface area contributed by atoms with E-state index in [0.717, 1.165) is 0 Å². The first kappa shape index (κ1) is 12.7. The summed E-state index contributed by atoms with van der Waals surface area (Å²) in [6.45, 7) is 6.62. The molecule has 0 fully saturated rings. The summed E-state index contributed by atoms with van der Waals surface area (Å²) in [5, 5.41) is 0. The second kappa shape index (κ2) is 7.13. The van der Waals surface area contributed by atoms with Crippen LogP contribution in [0.2, 0.25) is 0 Å². The summed E-state index contributed by atoms with van der Waals surface area (Å²) in [6, 6.07) is 0. The molecule has 0 aliphatic rings. The monoisotopic (exact) mass is 208 g/mol. The molecule has 0 saturated carbocycles. The molecule has 5 heteroatoms. The van der Waals surface area contributed by atoms with Gasteiger partial charge in [0.1, 0.15) is 0 Å². The van der Waals surface area contributed by atoms with E-state index >= 15 is 0 Å². The van der Waals surface area contributed by atoms with Gasteiger partial charge in [0.05, 0.1) is 31.9 Å². The Morgan fingerprint density at radius 3 is 2.00 bits per heavy atom. The van der Waals surface area contributed by atoms with Gasteiger partial charge in [-0.1, -0.05) is 0 Å². The molecule has 4 nitrogen and oxygen atoms in total. The van der Waals surface area contributed by atoms with Gasteiger partial charge in [-0.15, -0.1) is 0 Å². The number of ether oxygens (including phenoxy) is 1. The molecule has 0 amide bonds. The van der Waals surface area contributed by atoms with Crippen LogP contribution < -0.4 is 0 Å². The lowest BCUT2D eigenvalue weighted by Gasteiger charge is -2.12. The summed E-state index contributed by atoms with van der Waals surface area (Å²) in [5.41, 5.74) is 0. The summed E-state index contributed by atoms with van der Waals surface area (Å²) >= 11 is 0. The summed E-state index contributed by atoms with van der Waals surface area (Å²) in [7, 11) is -3.05. The molecule has 0 aliphatic heterocycles. The minimum Gasteiger partial charge on any atom is -0.501 e. The van der Waals surface area contributed by atoms with E-state index in [1.807, 2.05) is 6.92 Å².